The first-order chi connectivity index (χ1) is 14.8. The molecular formula is C28H46N2. The summed E-state index contributed by atoms with van der Waals surface area (Å²) in [4.78, 5) is 3.37. The van der Waals surface area contributed by atoms with Crippen molar-refractivity contribution in [2.24, 2.45) is 0 Å². The third-order valence-electron chi connectivity index (χ3n) is 6.20. The smallest absolute Gasteiger partial charge is 0.0456 e. The van der Waals surface area contributed by atoms with Crippen LogP contribution in [0.2, 0.25) is 0 Å². The van der Waals surface area contributed by atoms with E-state index in [9.17, 15) is 0 Å². The molecule has 1 aromatic carbocycles. The summed E-state index contributed by atoms with van der Waals surface area (Å²) in [5.74, 6) is 0. The molecule has 2 rings (SSSR count). The van der Waals surface area contributed by atoms with Crippen LogP contribution in [0.25, 0.3) is 10.9 Å². The van der Waals surface area contributed by atoms with E-state index in [-0.39, 0.29) is 0 Å². The van der Waals surface area contributed by atoms with Crippen molar-refractivity contribution < 1.29 is 0 Å². The normalized spacial score (nSPS) is 11.4. The van der Waals surface area contributed by atoms with E-state index in [1.54, 1.807) is 0 Å². The van der Waals surface area contributed by atoms with Crippen molar-refractivity contribution in [3.63, 3.8) is 0 Å². The van der Waals surface area contributed by atoms with Crippen LogP contribution >= 0.6 is 0 Å². The second-order valence-electron chi connectivity index (χ2n) is 9.16. The van der Waals surface area contributed by atoms with Crippen molar-refractivity contribution in [1.29, 1.82) is 0 Å². The Bertz CT molecular complexity index is 685. The maximum atomic E-state index is 3.98. The van der Waals surface area contributed by atoms with E-state index in [0.717, 1.165) is 19.5 Å². The molecule has 0 saturated heterocycles. The Morgan fingerprint density at radius 1 is 0.767 bits per heavy atom. The molecule has 0 amide bonds. The van der Waals surface area contributed by atoms with Gasteiger partial charge in [-0.3, -0.25) is 0 Å². The van der Waals surface area contributed by atoms with Gasteiger partial charge in [0.25, 0.3) is 0 Å². The molecule has 0 aliphatic carbocycles. The van der Waals surface area contributed by atoms with Gasteiger partial charge in [0.2, 0.25) is 0 Å². The van der Waals surface area contributed by atoms with Crippen LogP contribution in [0.1, 0.15) is 102 Å². The molecule has 0 radical (unpaired) electrons. The molecule has 0 bridgehead atoms. The minimum Gasteiger partial charge on any atom is -0.361 e. The highest BCUT2D eigenvalue weighted by Gasteiger charge is 2.02. The summed E-state index contributed by atoms with van der Waals surface area (Å²) in [7, 11) is 0. The molecule has 0 spiro atoms. The number of benzene rings is 1. The number of aromatic amines is 1. The molecule has 1 heterocycles. The summed E-state index contributed by atoms with van der Waals surface area (Å²) >= 11 is 0. The van der Waals surface area contributed by atoms with Crippen LogP contribution in [0.15, 0.2) is 42.6 Å². The lowest BCUT2D eigenvalue weighted by molar-refractivity contribution is 0.530. The van der Waals surface area contributed by atoms with Gasteiger partial charge in [-0.25, -0.2) is 0 Å². The Kier molecular flexibility index (Phi) is 13.3. The topological polar surface area (TPSA) is 27.8 Å². The van der Waals surface area contributed by atoms with Crippen LogP contribution in [0.3, 0.4) is 0 Å². The molecule has 30 heavy (non-hydrogen) atoms. The second-order valence-corrected chi connectivity index (χ2v) is 9.16. The number of unbranched alkanes of at least 4 members (excludes halogenated alkanes) is 12. The average Bonchev–Trinajstić information content (AvgIpc) is 3.16. The molecule has 1 aromatic heterocycles. The lowest BCUT2D eigenvalue weighted by Gasteiger charge is -2.05. The predicted octanol–water partition coefficient (Wildman–Crippen LogP) is 8.34. The van der Waals surface area contributed by atoms with Crippen molar-refractivity contribution in [1.82, 2.24) is 10.3 Å². The molecule has 2 heteroatoms. The third-order valence-corrected chi connectivity index (χ3v) is 6.20. The van der Waals surface area contributed by atoms with Gasteiger partial charge in [-0.1, -0.05) is 94.4 Å². The highest BCUT2D eigenvalue weighted by Crippen LogP contribution is 2.18. The van der Waals surface area contributed by atoms with Gasteiger partial charge in [-0.2, -0.15) is 0 Å². The summed E-state index contributed by atoms with van der Waals surface area (Å²) in [5, 5.41) is 4.99. The number of fused-ring (bicyclic) bond motifs is 1. The quantitative estimate of drug-likeness (QED) is 0.177. The summed E-state index contributed by atoms with van der Waals surface area (Å²) in [6.45, 7) is 8.36. The van der Waals surface area contributed by atoms with Crippen molar-refractivity contribution in [2.75, 3.05) is 13.1 Å². The average molecular weight is 411 g/mol. The van der Waals surface area contributed by atoms with Crippen LogP contribution < -0.4 is 5.32 Å². The van der Waals surface area contributed by atoms with Gasteiger partial charge in [0.1, 0.15) is 0 Å². The summed E-state index contributed by atoms with van der Waals surface area (Å²) in [6.07, 6.45) is 22.8. The van der Waals surface area contributed by atoms with E-state index in [1.165, 1.54) is 112 Å². The van der Waals surface area contributed by atoms with E-state index in [2.05, 4.69) is 54.3 Å². The van der Waals surface area contributed by atoms with Gasteiger partial charge in [0.15, 0.2) is 0 Å². The Labute approximate surface area is 185 Å². The third kappa shape index (κ3) is 11.0. The molecule has 2 nitrogen and oxygen atoms in total. The van der Waals surface area contributed by atoms with Gasteiger partial charge in [0.05, 0.1) is 0 Å². The number of H-pyrrole nitrogens is 1. The van der Waals surface area contributed by atoms with Crippen LogP contribution in [-0.2, 0) is 6.42 Å². The highest BCUT2D eigenvalue weighted by molar-refractivity contribution is 5.83. The van der Waals surface area contributed by atoms with Crippen molar-refractivity contribution in [2.45, 2.75) is 103 Å². The Morgan fingerprint density at radius 2 is 1.33 bits per heavy atom. The number of hydrogen-bond acceptors (Lipinski definition) is 1. The van der Waals surface area contributed by atoms with E-state index in [0.29, 0.717) is 0 Å². The van der Waals surface area contributed by atoms with Crippen molar-refractivity contribution >= 4 is 10.9 Å². The maximum absolute atomic E-state index is 3.98. The maximum Gasteiger partial charge on any atom is 0.0456 e. The SMILES string of the molecule is C=C(C)CCCCCCCCCCCCCCCNCCc1c[nH]c2ccccc12. The van der Waals surface area contributed by atoms with E-state index in [1.807, 2.05) is 0 Å². The van der Waals surface area contributed by atoms with Crippen molar-refractivity contribution in [3.05, 3.63) is 48.2 Å². The summed E-state index contributed by atoms with van der Waals surface area (Å²) in [6, 6.07) is 8.59. The molecule has 168 valence electrons. The standard InChI is InChI=1S/C28H46N2/c1-25(2)18-14-12-10-8-6-4-3-5-7-9-11-13-17-22-29-23-21-26-24-30-28-20-16-15-19-27(26)28/h15-16,19-20,24,29-30H,1,3-14,17-18,21-23H2,2H3. The molecule has 0 atom stereocenters. The van der Waals surface area contributed by atoms with E-state index < -0.39 is 0 Å². The number of aromatic nitrogens is 1. The fraction of sp³-hybridized carbons (Fsp3) is 0.643. The fourth-order valence-electron chi connectivity index (χ4n) is 4.31. The Hall–Kier alpha value is -1.54. The van der Waals surface area contributed by atoms with Crippen molar-refractivity contribution in [3.8, 4) is 0 Å². The van der Waals surface area contributed by atoms with Crippen LogP contribution in [-0.4, -0.2) is 18.1 Å². The van der Waals surface area contributed by atoms with E-state index >= 15 is 0 Å². The molecular weight excluding hydrogens is 364 g/mol. The minimum absolute atomic E-state index is 1.08. The monoisotopic (exact) mass is 410 g/mol. The van der Waals surface area contributed by atoms with E-state index in [4.69, 9.17) is 0 Å². The first kappa shape index (κ1) is 24.7. The fourth-order valence-corrected chi connectivity index (χ4v) is 4.31. The molecule has 0 aliphatic rings. The zero-order valence-corrected chi connectivity index (χ0v) is 19.6. The lowest BCUT2D eigenvalue weighted by atomic mass is 10.0. The summed E-state index contributed by atoms with van der Waals surface area (Å²) < 4.78 is 0. The van der Waals surface area contributed by atoms with Gasteiger partial charge in [0, 0.05) is 17.1 Å². The number of para-hydroxylation sites is 1. The van der Waals surface area contributed by atoms with Gasteiger partial charge < -0.3 is 10.3 Å². The van der Waals surface area contributed by atoms with Crippen LogP contribution in [0.4, 0.5) is 0 Å². The van der Waals surface area contributed by atoms with Crippen LogP contribution in [0.5, 0.6) is 0 Å². The lowest BCUT2D eigenvalue weighted by Crippen LogP contribution is -2.18. The van der Waals surface area contributed by atoms with Gasteiger partial charge in [-0.15, -0.1) is 6.58 Å². The molecule has 0 saturated carbocycles. The number of allylic oxidation sites excluding steroid dienone is 1. The number of nitrogens with one attached hydrogen (secondary N) is 2. The number of hydrogen-bond donors (Lipinski definition) is 2. The molecule has 0 aliphatic heterocycles. The van der Waals surface area contributed by atoms with Gasteiger partial charge >= 0.3 is 0 Å². The highest BCUT2D eigenvalue weighted by atomic mass is 14.8. The second kappa shape index (κ2) is 16.2. The zero-order chi connectivity index (χ0) is 21.3. The zero-order valence-electron chi connectivity index (χ0n) is 19.6. The first-order valence-corrected chi connectivity index (χ1v) is 12.7. The molecule has 2 aromatic rings. The summed E-state index contributed by atoms with van der Waals surface area (Å²) in [5.41, 5.74) is 4.02. The Balaban J connectivity index is 1.29. The predicted molar refractivity (Wildman–Crippen MR) is 134 cm³/mol. The molecule has 0 unspecified atom stereocenters. The van der Waals surface area contributed by atoms with Gasteiger partial charge in [-0.05, 0) is 57.3 Å². The Morgan fingerprint density at radius 3 is 1.97 bits per heavy atom. The largest absolute Gasteiger partial charge is 0.361 e. The number of rotatable bonds is 19. The first-order valence-electron chi connectivity index (χ1n) is 12.7. The minimum atomic E-state index is 1.08. The molecule has 0 fully saturated rings. The molecule has 2 N–H and O–H groups in total. The van der Waals surface area contributed by atoms with Crippen LogP contribution in [0, 0.1) is 0 Å².